The lowest BCUT2D eigenvalue weighted by molar-refractivity contribution is 0.0436. The van der Waals surface area contributed by atoms with Crippen LogP contribution >= 0.6 is 0 Å². The van der Waals surface area contributed by atoms with Gasteiger partial charge in [0.1, 0.15) is 17.8 Å². The van der Waals surface area contributed by atoms with Crippen molar-refractivity contribution in [2.75, 3.05) is 6.61 Å². The standard InChI is InChI=1S/C20H17N3O5/c1-3-26-20(25)17-14(13-7-4-5-8-15(13)28-17)11-27-19(24)16-12(2)22-23-10-6-9-21-18(16)23/h4-10H,3,11H2,1-2H3. The van der Waals surface area contributed by atoms with E-state index in [0.29, 0.717) is 27.9 Å². The van der Waals surface area contributed by atoms with Crippen LogP contribution in [0.5, 0.6) is 0 Å². The van der Waals surface area contributed by atoms with E-state index in [9.17, 15) is 9.59 Å². The summed E-state index contributed by atoms with van der Waals surface area (Å²) in [4.78, 5) is 29.2. The van der Waals surface area contributed by atoms with Crippen LogP contribution in [0.15, 0.2) is 47.1 Å². The predicted octanol–water partition coefficient (Wildman–Crippen LogP) is 3.32. The molecule has 4 aromatic rings. The fourth-order valence-corrected chi connectivity index (χ4v) is 3.05. The molecule has 3 heterocycles. The number of carbonyl (C=O) groups excluding carboxylic acids is 2. The molecule has 0 spiro atoms. The van der Waals surface area contributed by atoms with Gasteiger partial charge in [-0.05, 0) is 26.0 Å². The smallest absolute Gasteiger partial charge is 0.374 e. The first-order valence-electron chi connectivity index (χ1n) is 8.74. The maximum atomic E-state index is 12.7. The molecule has 8 nitrogen and oxygen atoms in total. The predicted molar refractivity (Wildman–Crippen MR) is 99.0 cm³/mol. The second-order valence-corrected chi connectivity index (χ2v) is 6.05. The molecule has 0 aliphatic heterocycles. The van der Waals surface area contributed by atoms with Gasteiger partial charge in [-0.25, -0.2) is 19.1 Å². The summed E-state index contributed by atoms with van der Waals surface area (Å²) in [7, 11) is 0. The Balaban J connectivity index is 1.66. The van der Waals surface area contributed by atoms with Gasteiger partial charge in [-0.15, -0.1) is 0 Å². The molecule has 0 aliphatic rings. The van der Waals surface area contributed by atoms with Crippen LogP contribution in [0.3, 0.4) is 0 Å². The molecule has 0 unspecified atom stereocenters. The lowest BCUT2D eigenvalue weighted by atomic mass is 10.1. The summed E-state index contributed by atoms with van der Waals surface area (Å²) in [6, 6.07) is 8.87. The Labute approximate surface area is 159 Å². The SMILES string of the molecule is CCOC(=O)c1oc2ccccc2c1COC(=O)c1c(C)nn2cccnc12. The van der Waals surface area contributed by atoms with Gasteiger partial charge in [0.2, 0.25) is 5.76 Å². The minimum atomic E-state index is -0.599. The summed E-state index contributed by atoms with van der Waals surface area (Å²) in [6.45, 7) is 3.49. The van der Waals surface area contributed by atoms with Gasteiger partial charge in [-0.3, -0.25) is 0 Å². The average molecular weight is 379 g/mol. The third kappa shape index (κ3) is 2.98. The maximum absolute atomic E-state index is 12.7. The summed E-state index contributed by atoms with van der Waals surface area (Å²) >= 11 is 0. The van der Waals surface area contributed by atoms with Gasteiger partial charge >= 0.3 is 11.9 Å². The molecule has 0 amide bonds. The Morgan fingerprint density at radius 2 is 1.96 bits per heavy atom. The van der Waals surface area contributed by atoms with E-state index in [1.165, 1.54) is 4.52 Å². The van der Waals surface area contributed by atoms with Crippen molar-refractivity contribution in [3.8, 4) is 0 Å². The maximum Gasteiger partial charge on any atom is 0.374 e. The Morgan fingerprint density at radius 1 is 1.14 bits per heavy atom. The number of rotatable bonds is 5. The Kier molecular flexibility index (Phi) is 4.52. The number of furan rings is 1. The summed E-state index contributed by atoms with van der Waals surface area (Å²) in [5, 5.41) is 4.95. The molecule has 0 saturated carbocycles. The van der Waals surface area contributed by atoms with Crippen molar-refractivity contribution in [3.63, 3.8) is 0 Å². The zero-order chi connectivity index (χ0) is 19.7. The fourth-order valence-electron chi connectivity index (χ4n) is 3.05. The summed E-state index contributed by atoms with van der Waals surface area (Å²) < 4.78 is 17.7. The van der Waals surface area contributed by atoms with Gasteiger partial charge in [0, 0.05) is 17.8 Å². The number of para-hydroxylation sites is 1. The third-order valence-electron chi connectivity index (χ3n) is 4.28. The number of benzene rings is 1. The van der Waals surface area contributed by atoms with Gasteiger partial charge in [0.25, 0.3) is 0 Å². The molecule has 3 aromatic heterocycles. The summed E-state index contributed by atoms with van der Waals surface area (Å²) in [6.07, 6.45) is 3.28. The Bertz CT molecular complexity index is 1190. The van der Waals surface area contributed by atoms with Crippen LogP contribution in [-0.4, -0.2) is 33.1 Å². The van der Waals surface area contributed by atoms with Gasteiger partial charge in [0.05, 0.1) is 17.9 Å². The molecule has 1 aromatic carbocycles. The molecule has 0 fully saturated rings. The molecular weight excluding hydrogens is 362 g/mol. The number of ether oxygens (including phenoxy) is 2. The highest BCUT2D eigenvalue weighted by molar-refractivity contribution is 5.98. The molecule has 0 N–H and O–H groups in total. The molecule has 142 valence electrons. The van der Waals surface area contributed by atoms with Crippen LogP contribution < -0.4 is 0 Å². The van der Waals surface area contributed by atoms with Gasteiger partial charge < -0.3 is 13.9 Å². The number of aryl methyl sites for hydroxylation is 1. The molecule has 0 radical (unpaired) electrons. The number of esters is 2. The number of carbonyl (C=O) groups is 2. The van der Waals surface area contributed by atoms with E-state index in [4.69, 9.17) is 13.9 Å². The third-order valence-corrected chi connectivity index (χ3v) is 4.28. The first kappa shape index (κ1) is 17.7. The fraction of sp³-hybridized carbons (Fsp3) is 0.200. The molecule has 0 bridgehead atoms. The van der Waals surface area contributed by atoms with Gasteiger partial charge in [0.15, 0.2) is 5.65 Å². The van der Waals surface area contributed by atoms with Crippen molar-refractivity contribution in [2.45, 2.75) is 20.5 Å². The van der Waals surface area contributed by atoms with Crippen LogP contribution in [0.4, 0.5) is 0 Å². The Hall–Kier alpha value is -3.68. The first-order valence-corrected chi connectivity index (χ1v) is 8.74. The van der Waals surface area contributed by atoms with Crippen molar-refractivity contribution in [1.82, 2.24) is 14.6 Å². The highest BCUT2D eigenvalue weighted by Gasteiger charge is 2.25. The van der Waals surface area contributed by atoms with Crippen molar-refractivity contribution in [1.29, 1.82) is 0 Å². The lowest BCUT2D eigenvalue weighted by Crippen LogP contribution is -2.10. The van der Waals surface area contributed by atoms with Crippen LogP contribution in [0.25, 0.3) is 16.6 Å². The molecule has 0 saturated heterocycles. The molecular formula is C20H17N3O5. The summed E-state index contributed by atoms with van der Waals surface area (Å²) in [5.41, 5.74) is 2.18. The van der Waals surface area contributed by atoms with E-state index in [0.717, 1.165) is 0 Å². The zero-order valence-corrected chi connectivity index (χ0v) is 15.3. The molecule has 4 rings (SSSR count). The number of hydrogen-bond donors (Lipinski definition) is 0. The van der Waals surface area contributed by atoms with Crippen LogP contribution in [0.2, 0.25) is 0 Å². The number of hydrogen-bond acceptors (Lipinski definition) is 7. The van der Waals surface area contributed by atoms with Gasteiger partial charge in [-0.1, -0.05) is 18.2 Å². The highest BCUT2D eigenvalue weighted by atomic mass is 16.5. The molecule has 0 aliphatic carbocycles. The van der Waals surface area contributed by atoms with E-state index in [-0.39, 0.29) is 24.5 Å². The van der Waals surface area contributed by atoms with Crippen molar-refractivity contribution in [3.05, 3.63) is 65.3 Å². The monoisotopic (exact) mass is 379 g/mol. The highest BCUT2D eigenvalue weighted by Crippen LogP contribution is 2.28. The second kappa shape index (κ2) is 7.15. The number of aromatic nitrogens is 3. The van der Waals surface area contributed by atoms with E-state index in [1.807, 2.05) is 6.07 Å². The van der Waals surface area contributed by atoms with Crippen LogP contribution in [0, 0.1) is 6.92 Å². The molecule has 28 heavy (non-hydrogen) atoms. The minimum Gasteiger partial charge on any atom is -0.460 e. The normalized spacial score (nSPS) is 11.1. The number of nitrogens with zero attached hydrogens (tertiary/aromatic N) is 3. The Morgan fingerprint density at radius 3 is 2.79 bits per heavy atom. The largest absolute Gasteiger partial charge is 0.460 e. The lowest BCUT2D eigenvalue weighted by Gasteiger charge is -2.05. The van der Waals surface area contributed by atoms with E-state index in [2.05, 4.69) is 10.1 Å². The summed E-state index contributed by atoms with van der Waals surface area (Å²) in [5.74, 6) is -1.14. The first-order chi connectivity index (χ1) is 13.6. The van der Waals surface area contributed by atoms with Crippen molar-refractivity contribution >= 4 is 28.6 Å². The molecule has 8 heteroatoms. The zero-order valence-electron chi connectivity index (χ0n) is 15.3. The molecule has 0 atom stereocenters. The van der Waals surface area contributed by atoms with Crippen molar-refractivity contribution < 1.29 is 23.5 Å². The quantitative estimate of drug-likeness (QED) is 0.491. The van der Waals surface area contributed by atoms with E-state index in [1.54, 1.807) is 50.5 Å². The van der Waals surface area contributed by atoms with Crippen LogP contribution in [-0.2, 0) is 16.1 Å². The average Bonchev–Trinajstić information content (AvgIpc) is 3.23. The minimum absolute atomic E-state index is 0.0329. The topological polar surface area (TPSA) is 95.9 Å². The van der Waals surface area contributed by atoms with E-state index < -0.39 is 11.9 Å². The second-order valence-electron chi connectivity index (χ2n) is 6.05. The van der Waals surface area contributed by atoms with Crippen molar-refractivity contribution in [2.24, 2.45) is 0 Å². The number of fused-ring (bicyclic) bond motifs is 2. The van der Waals surface area contributed by atoms with Gasteiger partial charge in [-0.2, -0.15) is 5.10 Å². The van der Waals surface area contributed by atoms with E-state index >= 15 is 0 Å². The van der Waals surface area contributed by atoms with Crippen LogP contribution in [0.1, 0.15) is 39.1 Å².